The van der Waals surface area contributed by atoms with Crippen molar-refractivity contribution in [1.29, 1.82) is 0 Å². The molecule has 0 aromatic carbocycles. The van der Waals surface area contributed by atoms with Gasteiger partial charge in [-0.1, -0.05) is 0 Å². The average molecular weight is 429 g/mol. The highest BCUT2D eigenvalue weighted by molar-refractivity contribution is 7.52. The maximum Gasteiger partial charge on any atom is 0.508 e. The van der Waals surface area contributed by atoms with Crippen LogP contribution >= 0.6 is 7.60 Å². The molecule has 4 N–H and O–H groups in total. The van der Waals surface area contributed by atoms with Crippen LogP contribution in [0, 0.1) is 0 Å². The molecule has 1 saturated carbocycles. The summed E-state index contributed by atoms with van der Waals surface area (Å²) in [7, 11) is -4.71. The summed E-state index contributed by atoms with van der Waals surface area (Å²) in [5.41, 5.74) is 5.02. The van der Waals surface area contributed by atoms with Gasteiger partial charge in [0, 0.05) is 0 Å². The molecule has 0 bridgehead atoms. The van der Waals surface area contributed by atoms with E-state index in [2.05, 4.69) is 15.0 Å². The summed E-state index contributed by atoms with van der Waals surface area (Å²) in [6, 6.07) is 0. The van der Waals surface area contributed by atoms with Gasteiger partial charge in [-0.3, -0.25) is 4.57 Å². The maximum absolute atomic E-state index is 11.9. The monoisotopic (exact) mass is 429 g/mol. The second-order valence-electron chi connectivity index (χ2n) is 7.93. The molecule has 0 spiro atoms. The summed E-state index contributed by atoms with van der Waals surface area (Å²) in [6.45, 7) is 4.56. The van der Waals surface area contributed by atoms with E-state index >= 15 is 0 Å². The van der Waals surface area contributed by atoms with Crippen LogP contribution in [0.1, 0.15) is 33.6 Å². The average Bonchev–Trinajstić information content (AvgIpc) is 3.22. The number of hydrogen-bond donors (Lipinski definition) is 3. The Kier molecular flexibility index (Phi) is 5.56. The van der Waals surface area contributed by atoms with E-state index < -0.39 is 37.4 Å². The van der Waals surface area contributed by atoms with Crippen LogP contribution in [0.5, 0.6) is 0 Å². The number of carbonyl (C=O) groups is 1. The first-order chi connectivity index (χ1) is 13.4. The van der Waals surface area contributed by atoms with E-state index in [0.29, 0.717) is 24.0 Å². The highest BCUT2D eigenvalue weighted by Gasteiger charge is 2.50. The lowest BCUT2D eigenvalue weighted by molar-refractivity contribution is -0.0577. The molecule has 160 valence electrons. The number of nitrogens with zero attached hydrogens (tertiary/aromatic N) is 4. The third-order valence-corrected chi connectivity index (χ3v) is 5.14. The molecule has 29 heavy (non-hydrogen) atoms. The highest BCUT2D eigenvalue weighted by Crippen LogP contribution is 2.50. The van der Waals surface area contributed by atoms with Gasteiger partial charge in [0.1, 0.15) is 17.7 Å². The van der Waals surface area contributed by atoms with Gasteiger partial charge in [-0.05, 0) is 33.6 Å². The van der Waals surface area contributed by atoms with Crippen LogP contribution < -0.4 is 5.73 Å². The number of fused-ring (bicyclic) bond motifs is 1. The van der Waals surface area contributed by atoms with Gasteiger partial charge in [0.25, 0.3) is 0 Å². The molecule has 2 aromatic rings. The van der Waals surface area contributed by atoms with Gasteiger partial charge in [0.05, 0.1) is 24.7 Å². The van der Waals surface area contributed by atoms with Crippen LogP contribution in [-0.4, -0.2) is 59.1 Å². The Labute approximate surface area is 166 Å². The molecule has 0 saturated heterocycles. The Morgan fingerprint density at radius 2 is 2.07 bits per heavy atom. The molecule has 1 atom stereocenters. The Hall–Kier alpha value is -2.27. The van der Waals surface area contributed by atoms with Crippen LogP contribution in [0.4, 0.5) is 10.7 Å². The number of carbonyl (C=O) groups excluding carboxylic acids is 1. The summed E-state index contributed by atoms with van der Waals surface area (Å²) < 4.78 is 29.1. The van der Waals surface area contributed by atoms with E-state index in [1.54, 1.807) is 25.3 Å². The van der Waals surface area contributed by atoms with Gasteiger partial charge >= 0.3 is 13.8 Å². The van der Waals surface area contributed by atoms with Crippen LogP contribution in [0.25, 0.3) is 11.2 Å². The number of ether oxygens (including phenoxy) is 3. The van der Waals surface area contributed by atoms with Gasteiger partial charge in [-0.2, -0.15) is 4.98 Å². The van der Waals surface area contributed by atoms with Crippen LogP contribution in [0.2, 0.25) is 0 Å². The van der Waals surface area contributed by atoms with Gasteiger partial charge in [0.2, 0.25) is 5.95 Å². The fourth-order valence-corrected chi connectivity index (χ4v) is 3.28. The molecule has 1 fully saturated rings. The standard InChI is InChI=1S/C16H24N5O7P/c1-15(2,3)28-14(22)26-7-11(29(23,24)25)27-16(4-5-16)8-21-9-19-10-6-18-13(17)20-12(10)21/h6,9,11H,4-5,7-8H2,1-3H3,(H2,17,18,20)(H2,23,24,25). The van der Waals surface area contributed by atoms with Crippen molar-refractivity contribution < 1.29 is 33.4 Å². The van der Waals surface area contributed by atoms with E-state index in [0.717, 1.165) is 0 Å². The van der Waals surface area contributed by atoms with E-state index in [-0.39, 0.29) is 12.5 Å². The predicted octanol–water partition coefficient (Wildman–Crippen LogP) is 1.41. The lowest BCUT2D eigenvalue weighted by Gasteiger charge is -2.26. The molecule has 0 aliphatic heterocycles. The van der Waals surface area contributed by atoms with Gasteiger partial charge < -0.3 is 34.3 Å². The molecule has 12 nitrogen and oxygen atoms in total. The van der Waals surface area contributed by atoms with Crippen molar-refractivity contribution in [3.05, 3.63) is 12.5 Å². The Morgan fingerprint density at radius 1 is 1.38 bits per heavy atom. The Bertz CT molecular complexity index is 947. The number of nitrogen functional groups attached to an aromatic ring is 1. The lowest BCUT2D eigenvalue weighted by Crippen LogP contribution is -2.33. The molecule has 1 aliphatic carbocycles. The smallest absolute Gasteiger partial charge is 0.431 e. The molecule has 1 aliphatic rings. The fourth-order valence-electron chi connectivity index (χ4n) is 2.65. The summed E-state index contributed by atoms with van der Waals surface area (Å²) in [5, 5.41) is 0. The van der Waals surface area contributed by atoms with E-state index in [9.17, 15) is 19.1 Å². The molecule has 1 unspecified atom stereocenters. The number of hydrogen-bond acceptors (Lipinski definition) is 9. The van der Waals surface area contributed by atoms with E-state index in [1.165, 1.54) is 12.5 Å². The van der Waals surface area contributed by atoms with Crippen LogP contribution in [0.3, 0.4) is 0 Å². The Morgan fingerprint density at radius 3 is 2.66 bits per heavy atom. The minimum Gasteiger partial charge on any atom is -0.431 e. The van der Waals surface area contributed by atoms with Gasteiger partial charge in [-0.15, -0.1) is 0 Å². The number of nitrogens with two attached hydrogens (primary N) is 1. The summed E-state index contributed by atoms with van der Waals surface area (Å²) >= 11 is 0. The van der Waals surface area contributed by atoms with E-state index in [4.69, 9.17) is 19.9 Å². The molecule has 0 radical (unpaired) electrons. The first kappa shape index (κ1) is 21.4. The Balaban J connectivity index is 1.69. The minimum atomic E-state index is -4.71. The zero-order valence-electron chi connectivity index (χ0n) is 16.3. The SMILES string of the molecule is CC(C)(C)OC(=O)OCC(OC1(Cn2cnc3cnc(N)nc32)CC1)P(=O)(O)O. The minimum absolute atomic E-state index is 0.0869. The van der Waals surface area contributed by atoms with Crippen molar-refractivity contribution in [2.75, 3.05) is 12.3 Å². The molecule has 13 heteroatoms. The molecule has 2 aromatic heterocycles. The second-order valence-corrected chi connectivity index (χ2v) is 9.68. The summed E-state index contributed by atoms with van der Waals surface area (Å²) in [6.07, 6.45) is 3.12. The van der Waals surface area contributed by atoms with Crippen molar-refractivity contribution in [3.63, 3.8) is 0 Å². The molecule has 0 amide bonds. The van der Waals surface area contributed by atoms with Crippen LogP contribution in [-0.2, 0) is 25.3 Å². The van der Waals surface area contributed by atoms with Crippen molar-refractivity contribution in [2.24, 2.45) is 0 Å². The molecule has 3 rings (SSSR count). The number of anilines is 1. The van der Waals surface area contributed by atoms with Gasteiger partial charge in [-0.25, -0.2) is 14.8 Å². The first-order valence-corrected chi connectivity index (χ1v) is 10.6. The third kappa shape index (κ3) is 5.63. The zero-order valence-corrected chi connectivity index (χ0v) is 17.2. The highest BCUT2D eigenvalue weighted by atomic mass is 31.2. The van der Waals surface area contributed by atoms with Crippen molar-refractivity contribution in [3.8, 4) is 0 Å². The maximum atomic E-state index is 11.9. The normalized spacial score (nSPS) is 17.1. The molecule has 2 heterocycles. The number of rotatable bonds is 7. The first-order valence-electron chi connectivity index (χ1n) is 8.89. The summed E-state index contributed by atoms with van der Waals surface area (Å²) in [5.74, 6) is -1.53. The van der Waals surface area contributed by atoms with Gasteiger partial charge in [0.15, 0.2) is 11.5 Å². The summed E-state index contributed by atoms with van der Waals surface area (Å²) in [4.78, 5) is 43.2. The quantitative estimate of drug-likeness (QED) is 0.429. The number of aromatic nitrogens is 4. The van der Waals surface area contributed by atoms with Crippen molar-refractivity contribution >= 4 is 30.9 Å². The second kappa shape index (κ2) is 7.52. The molecular weight excluding hydrogens is 405 g/mol. The van der Waals surface area contributed by atoms with Crippen molar-refractivity contribution in [2.45, 2.75) is 57.2 Å². The van der Waals surface area contributed by atoms with Crippen molar-refractivity contribution in [1.82, 2.24) is 19.5 Å². The van der Waals surface area contributed by atoms with E-state index in [1.807, 2.05) is 0 Å². The molecular formula is C16H24N5O7P. The van der Waals surface area contributed by atoms with Crippen LogP contribution in [0.15, 0.2) is 12.5 Å². The largest absolute Gasteiger partial charge is 0.508 e. The zero-order chi connectivity index (χ0) is 21.4. The topological polar surface area (TPSA) is 172 Å². The predicted molar refractivity (Wildman–Crippen MR) is 101 cm³/mol. The lowest BCUT2D eigenvalue weighted by atomic mass is 10.2. The fraction of sp³-hybridized carbons (Fsp3) is 0.625. The number of imidazole rings is 1. The third-order valence-electron chi connectivity index (χ3n) is 4.14.